The number of hydrogen-bond donors (Lipinski definition) is 0. The van der Waals surface area contributed by atoms with E-state index in [2.05, 4.69) is 4.99 Å². The lowest BCUT2D eigenvalue weighted by Crippen LogP contribution is -2.40. The van der Waals surface area contributed by atoms with Crippen LogP contribution in [0.4, 0.5) is 0 Å². The van der Waals surface area contributed by atoms with Gasteiger partial charge < -0.3 is 14.0 Å². The van der Waals surface area contributed by atoms with Gasteiger partial charge in [-0.15, -0.1) is 11.3 Å². The topological polar surface area (TPSA) is 107 Å². The maximum Gasteiger partial charge on any atom is 0.337 e. The molecule has 0 N–H and O–H groups in total. The first kappa shape index (κ1) is 24.7. The molecule has 34 heavy (non-hydrogen) atoms. The molecule has 2 aromatic heterocycles. The number of nitrogens with zero attached hydrogens (tertiary/aromatic N) is 3. The van der Waals surface area contributed by atoms with Crippen molar-refractivity contribution >= 4 is 54.8 Å². The smallest absolute Gasteiger partial charge is 0.337 e. The third-order valence-electron chi connectivity index (χ3n) is 5.72. The summed E-state index contributed by atoms with van der Waals surface area (Å²) in [6, 6.07) is 8.53. The van der Waals surface area contributed by atoms with E-state index >= 15 is 0 Å². The van der Waals surface area contributed by atoms with Gasteiger partial charge >= 0.3 is 5.97 Å². The number of fused-ring (bicyclic) bond motifs is 1. The van der Waals surface area contributed by atoms with Gasteiger partial charge in [0.25, 0.3) is 15.9 Å². The molecule has 0 bridgehead atoms. The molecule has 3 aromatic rings. The van der Waals surface area contributed by atoms with Crippen LogP contribution in [0.15, 0.2) is 44.9 Å². The number of thiophene rings is 1. The van der Waals surface area contributed by atoms with Gasteiger partial charge in [-0.1, -0.05) is 17.4 Å². The molecule has 0 radical (unpaired) electrons. The van der Waals surface area contributed by atoms with Gasteiger partial charge in [-0.05, 0) is 42.5 Å². The van der Waals surface area contributed by atoms with E-state index in [-0.39, 0.29) is 24.9 Å². The molecule has 1 amide bonds. The summed E-state index contributed by atoms with van der Waals surface area (Å²) in [5.74, 6) is -1.04. The maximum absolute atomic E-state index is 13.0. The van der Waals surface area contributed by atoms with Crippen LogP contribution in [0.3, 0.4) is 0 Å². The quantitative estimate of drug-likeness (QED) is 0.441. The lowest BCUT2D eigenvalue weighted by Gasteiger charge is -2.29. The molecule has 1 saturated heterocycles. The number of amides is 1. The summed E-state index contributed by atoms with van der Waals surface area (Å²) < 4.78 is 40.0. The largest absolute Gasteiger partial charge is 0.465 e. The summed E-state index contributed by atoms with van der Waals surface area (Å²) >= 11 is 2.51. The molecular formula is C22H25N3O6S3. The summed E-state index contributed by atoms with van der Waals surface area (Å²) in [5.41, 5.74) is 1.27. The van der Waals surface area contributed by atoms with Gasteiger partial charge in [0.15, 0.2) is 4.80 Å². The molecule has 0 spiro atoms. The molecule has 3 heterocycles. The van der Waals surface area contributed by atoms with E-state index < -0.39 is 16.0 Å². The van der Waals surface area contributed by atoms with E-state index in [1.54, 1.807) is 36.8 Å². The Labute approximate surface area is 205 Å². The molecule has 4 rings (SSSR count). The number of sulfonamides is 1. The zero-order valence-corrected chi connectivity index (χ0v) is 21.2. The van der Waals surface area contributed by atoms with Crippen molar-refractivity contribution in [3.8, 4) is 0 Å². The molecule has 0 saturated carbocycles. The van der Waals surface area contributed by atoms with Crippen LogP contribution in [0.5, 0.6) is 0 Å². The Balaban J connectivity index is 1.57. The highest BCUT2D eigenvalue weighted by molar-refractivity contribution is 7.91. The van der Waals surface area contributed by atoms with Crippen LogP contribution in [0.1, 0.15) is 23.2 Å². The van der Waals surface area contributed by atoms with Crippen molar-refractivity contribution in [3.05, 3.63) is 46.1 Å². The summed E-state index contributed by atoms with van der Waals surface area (Å²) in [7, 11) is -0.587. The first-order valence-electron chi connectivity index (χ1n) is 10.7. The second-order valence-corrected chi connectivity index (χ2v) is 11.9. The fourth-order valence-corrected chi connectivity index (χ4v) is 7.58. The van der Waals surface area contributed by atoms with Crippen molar-refractivity contribution in [2.45, 2.75) is 23.6 Å². The minimum atomic E-state index is -3.52. The van der Waals surface area contributed by atoms with Gasteiger partial charge in [-0.2, -0.15) is 9.30 Å². The first-order chi connectivity index (χ1) is 16.3. The monoisotopic (exact) mass is 523 g/mol. The van der Waals surface area contributed by atoms with Crippen molar-refractivity contribution < 1.29 is 27.5 Å². The molecule has 1 aliphatic heterocycles. The van der Waals surface area contributed by atoms with E-state index in [4.69, 9.17) is 9.47 Å². The summed E-state index contributed by atoms with van der Waals surface area (Å²) in [5, 5.41) is 1.74. The molecular weight excluding hydrogens is 498 g/mol. The lowest BCUT2D eigenvalue weighted by atomic mass is 9.98. The number of carbonyl (C=O) groups is 2. The third kappa shape index (κ3) is 5.01. The van der Waals surface area contributed by atoms with Gasteiger partial charge in [0.2, 0.25) is 0 Å². The van der Waals surface area contributed by atoms with Crippen LogP contribution in [-0.4, -0.2) is 63.1 Å². The van der Waals surface area contributed by atoms with Crippen molar-refractivity contribution in [2.24, 2.45) is 10.9 Å². The highest BCUT2D eigenvalue weighted by Crippen LogP contribution is 2.27. The zero-order chi connectivity index (χ0) is 24.3. The van der Waals surface area contributed by atoms with E-state index in [0.717, 1.165) is 10.2 Å². The molecule has 1 aliphatic rings. The maximum atomic E-state index is 13.0. The lowest BCUT2D eigenvalue weighted by molar-refractivity contribution is -0.122. The standard InChI is InChI=1S/C22H25N3O6S3/c1-30-12-11-25-17-6-5-16(21(27)31-2)14-18(17)33-22(25)23-20(26)15-7-9-24(10-8-15)34(28,29)19-4-3-13-32-19/h3-6,13-15H,7-12H2,1-2H3. The van der Waals surface area contributed by atoms with Crippen molar-refractivity contribution in [3.63, 3.8) is 0 Å². The van der Waals surface area contributed by atoms with Crippen LogP contribution >= 0.6 is 22.7 Å². The first-order valence-corrected chi connectivity index (χ1v) is 13.8. The molecule has 1 fully saturated rings. The number of rotatable bonds is 7. The Morgan fingerprint density at radius 1 is 1.18 bits per heavy atom. The van der Waals surface area contributed by atoms with E-state index in [0.29, 0.717) is 40.6 Å². The number of methoxy groups -OCH3 is 2. The molecule has 182 valence electrons. The number of hydrogen-bond acceptors (Lipinski definition) is 8. The van der Waals surface area contributed by atoms with E-state index in [9.17, 15) is 18.0 Å². The number of ether oxygens (including phenoxy) is 2. The van der Waals surface area contributed by atoms with Gasteiger partial charge in [-0.3, -0.25) is 4.79 Å². The van der Waals surface area contributed by atoms with Crippen LogP contribution in [0, 0.1) is 5.92 Å². The van der Waals surface area contributed by atoms with Gasteiger partial charge in [0.05, 0.1) is 29.5 Å². The van der Waals surface area contributed by atoms with E-state index in [1.165, 1.54) is 34.1 Å². The Hall–Kier alpha value is -2.38. The number of aromatic nitrogens is 1. The van der Waals surface area contributed by atoms with Gasteiger partial charge in [-0.25, -0.2) is 13.2 Å². The van der Waals surface area contributed by atoms with Crippen molar-refractivity contribution in [1.82, 2.24) is 8.87 Å². The summed E-state index contributed by atoms with van der Waals surface area (Å²) in [6.45, 7) is 1.50. The second kappa shape index (κ2) is 10.5. The predicted molar refractivity (Wildman–Crippen MR) is 129 cm³/mol. The molecule has 0 unspecified atom stereocenters. The molecule has 0 aliphatic carbocycles. The molecule has 9 nitrogen and oxygen atoms in total. The minimum absolute atomic E-state index is 0.265. The van der Waals surface area contributed by atoms with Crippen LogP contribution in [-0.2, 0) is 30.8 Å². The Bertz CT molecular complexity index is 1350. The number of carbonyl (C=O) groups excluding carboxylic acids is 2. The van der Waals surface area contributed by atoms with Crippen LogP contribution < -0.4 is 4.80 Å². The Morgan fingerprint density at radius 3 is 2.59 bits per heavy atom. The van der Waals surface area contributed by atoms with Crippen molar-refractivity contribution in [2.75, 3.05) is 33.9 Å². The number of piperidine rings is 1. The second-order valence-electron chi connectivity index (χ2n) is 7.76. The summed E-state index contributed by atoms with van der Waals surface area (Å²) in [4.78, 5) is 29.9. The fraction of sp³-hybridized carbons (Fsp3) is 0.409. The average molecular weight is 524 g/mol. The average Bonchev–Trinajstić information content (AvgIpc) is 3.50. The fourth-order valence-electron chi connectivity index (χ4n) is 3.87. The highest BCUT2D eigenvalue weighted by Gasteiger charge is 2.32. The number of benzene rings is 1. The van der Waals surface area contributed by atoms with E-state index in [1.807, 2.05) is 10.6 Å². The van der Waals surface area contributed by atoms with Crippen LogP contribution in [0.2, 0.25) is 0 Å². The van der Waals surface area contributed by atoms with Crippen LogP contribution in [0.25, 0.3) is 10.2 Å². The number of esters is 1. The SMILES string of the molecule is COCCn1c(=NC(=O)C2CCN(S(=O)(=O)c3cccs3)CC2)sc2cc(C(=O)OC)ccc21. The summed E-state index contributed by atoms with van der Waals surface area (Å²) in [6.07, 6.45) is 0.838. The Morgan fingerprint density at radius 2 is 1.94 bits per heavy atom. The van der Waals surface area contributed by atoms with Gasteiger partial charge in [0.1, 0.15) is 4.21 Å². The zero-order valence-electron chi connectivity index (χ0n) is 18.8. The van der Waals surface area contributed by atoms with Crippen molar-refractivity contribution in [1.29, 1.82) is 0 Å². The number of thiazole rings is 1. The Kier molecular flexibility index (Phi) is 7.63. The normalized spacial score (nSPS) is 16.2. The molecule has 1 aromatic carbocycles. The minimum Gasteiger partial charge on any atom is -0.465 e. The molecule has 0 atom stereocenters. The third-order valence-corrected chi connectivity index (χ3v) is 10.0. The predicted octanol–water partition coefficient (Wildman–Crippen LogP) is 2.73. The van der Waals surface area contributed by atoms with Gasteiger partial charge in [0, 0.05) is 32.7 Å². The molecule has 12 heteroatoms. The highest BCUT2D eigenvalue weighted by atomic mass is 32.2.